The minimum atomic E-state index is -1.39. The first-order chi connectivity index (χ1) is 11.3. The topological polar surface area (TPSA) is 156 Å². The van der Waals surface area contributed by atoms with Crippen LogP contribution in [0.25, 0.3) is 0 Å². The maximum absolute atomic E-state index is 12.1. The first-order valence-electron chi connectivity index (χ1n) is 6.34. The molecule has 10 heteroatoms. The lowest BCUT2D eigenvalue weighted by atomic mass is 10.1. The third kappa shape index (κ3) is 3.68. The van der Waals surface area contributed by atoms with Crippen LogP contribution in [0.4, 0.5) is 17.1 Å². The van der Waals surface area contributed by atoms with Crippen molar-refractivity contribution in [1.82, 2.24) is 0 Å². The average Bonchev–Trinajstić information content (AvgIpc) is 2.54. The Labute approximate surface area is 133 Å². The van der Waals surface area contributed by atoms with Gasteiger partial charge in [-0.3, -0.25) is 25.0 Å². The molecule has 122 valence electrons. The maximum Gasteiger partial charge on any atom is 0.277 e. The van der Waals surface area contributed by atoms with E-state index < -0.39 is 33.1 Å². The number of nitro benzene ring substituents is 2. The van der Waals surface area contributed by atoms with Gasteiger partial charge >= 0.3 is 0 Å². The highest BCUT2D eigenvalue weighted by Gasteiger charge is 2.19. The number of anilines is 1. The summed E-state index contributed by atoms with van der Waals surface area (Å²) in [6.45, 7) is 0. The molecule has 0 aromatic heterocycles. The van der Waals surface area contributed by atoms with E-state index in [-0.39, 0.29) is 16.8 Å². The zero-order valence-electron chi connectivity index (χ0n) is 11.8. The van der Waals surface area contributed by atoms with E-state index >= 15 is 0 Å². The van der Waals surface area contributed by atoms with Crippen molar-refractivity contribution in [2.75, 3.05) is 5.32 Å². The van der Waals surface area contributed by atoms with E-state index in [1.54, 1.807) is 0 Å². The predicted molar refractivity (Wildman–Crippen MR) is 78.5 cm³/mol. The fraction of sp³-hybridized carbons (Fsp3) is 0. The molecule has 1 amide bonds. The fourth-order valence-corrected chi connectivity index (χ4v) is 1.83. The van der Waals surface area contributed by atoms with Gasteiger partial charge in [0.05, 0.1) is 27.4 Å². The number of carboxylic acids is 1. The second-order valence-corrected chi connectivity index (χ2v) is 4.57. The van der Waals surface area contributed by atoms with Crippen molar-refractivity contribution in [1.29, 1.82) is 0 Å². The minimum absolute atomic E-state index is 0.0982. The molecule has 0 unspecified atom stereocenters. The van der Waals surface area contributed by atoms with Crippen LogP contribution in [0.2, 0.25) is 0 Å². The Bertz CT molecular complexity index is 814. The van der Waals surface area contributed by atoms with E-state index in [0.29, 0.717) is 0 Å². The van der Waals surface area contributed by atoms with Crippen molar-refractivity contribution >= 4 is 28.9 Å². The molecule has 0 aliphatic rings. The van der Waals surface area contributed by atoms with Gasteiger partial charge < -0.3 is 15.2 Å². The lowest BCUT2D eigenvalue weighted by molar-refractivity contribution is -0.394. The molecule has 2 rings (SSSR count). The third-order valence-corrected chi connectivity index (χ3v) is 2.96. The number of carboxylic acid groups (broad SMARTS) is 1. The molecule has 1 N–H and O–H groups in total. The Kier molecular flexibility index (Phi) is 4.50. The van der Waals surface area contributed by atoms with E-state index in [2.05, 4.69) is 5.32 Å². The predicted octanol–water partition coefficient (Wildman–Crippen LogP) is 1.12. The molecule has 0 atom stereocenters. The Morgan fingerprint density at radius 1 is 0.833 bits per heavy atom. The van der Waals surface area contributed by atoms with Gasteiger partial charge in [-0.25, -0.2) is 0 Å². The van der Waals surface area contributed by atoms with Crippen LogP contribution < -0.4 is 10.4 Å². The van der Waals surface area contributed by atoms with Crippen LogP contribution in [0.15, 0.2) is 42.5 Å². The molecule has 0 aliphatic heterocycles. The summed E-state index contributed by atoms with van der Waals surface area (Å²) in [6.07, 6.45) is 0. The largest absolute Gasteiger partial charge is 0.545 e. The van der Waals surface area contributed by atoms with Gasteiger partial charge in [0.15, 0.2) is 0 Å². The first-order valence-corrected chi connectivity index (χ1v) is 6.34. The van der Waals surface area contributed by atoms with Gasteiger partial charge in [-0.2, -0.15) is 0 Å². The molecule has 0 heterocycles. The van der Waals surface area contributed by atoms with Crippen LogP contribution >= 0.6 is 0 Å². The number of non-ortho nitro benzene ring substituents is 2. The molecule has 0 radical (unpaired) electrons. The van der Waals surface area contributed by atoms with Gasteiger partial charge in [0.25, 0.3) is 17.3 Å². The van der Waals surface area contributed by atoms with Crippen molar-refractivity contribution in [3.05, 3.63) is 73.8 Å². The van der Waals surface area contributed by atoms with Crippen LogP contribution in [0.1, 0.15) is 20.7 Å². The van der Waals surface area contributed by atoms with Gasteiger partial charge in [-0.05, 0) is 17.7 Å². The van der Waals surface area contributed by atoms with Crippen molar-refractivity contribution in [2.24, 2.45) is 0 Å². The highest BCUT2D eigenvalue weighted by Crippen LogP contribution is 2.23. The molecule has 0 fully saturated rings. The number of rotatable bonds is 5. The fourth-order valence-electron chi connectivity index (χ4n) is 1.83. The number of aromatic carboxylic acids is 1. The molecular formula is C14H8N3O7-. The highest BCUT2D eigenvalue weighted by molar-refractivity contribution is 6.05. The molecule has 2 aromatic carbocycles. The summed E-state index contributed by atoms with van der Waals surface area (Å²) in [4.78, 5) is 42.6. The summed E-state index contributed by atoms with van der Waals surface area (Å²) < 4.78 is 0. The number of hydrogen-bond donors (Lipinski definition) is 1. The van der Waals surface area contributed by atoms with Gasteiger partial charge in [-0.1, -0.05) is 12.1 Å². The molecular weight excluding hydrogens is 322 g/mol. The van der Waals surface area contributed by atoms with Crippen LogP contribution in [-0.2, 0) is 0 Å². The summed E-state index contributed by atoms with van der Waals surface area (Å²) in [5.41, 5.74) is -1.36. The Balaban J connectivity index is 2.30. The van der Waals surface area contributed by atoms with Crippen LogP contribution in [0.3, 0.4) is 0 Å². The van der Waals surface area contributed by atoms with E-state index in [4.69, 9.17) is 0 Å². The number of carbonyl (C=O) groups is 2. The minimum Gasteiger partial charge on any atom is -0.545 e. The van der Waals surface area contributed by atoms with Gasteiger partial charge in [-0.15, -0.1) is 0 Å². The number of nitrogens with zero attached hydrogens (tertiary/aromatic N) is 2. The SMILES string of the molecule is O=C([O-])c1ccc(NC(=O)c2cc([N+](=O)[O-])cc([N+](=O)[O-])c2)cc1. The monoisotopic (exact) mass is 330 g/mol. The van der Waals surface area contributed by atoms with Gasteiger partial charge in [0.2, 0.25) is 0 Å². The van der Waals surface area contributed by atoms with Crippen molar-refractivity contribution in [2.45, 2.75) is 0 Å². The number of carbonyl (C=O) groups excluding carboxylic acids is 2. The van der Waals surface area contributed by atoms with Crippen molar-refractivity contribution < 1.29 is 24.5 Å². The summed E-state index contributed by atoms with van der Waals surface area (Å²) in [5.74, 6) is -2.20. The molecule has 0 saturated heterocycles. The highest BCUT2D eigenvalue weighted by atomic mass is 16.6. The quantitative estimate of drug-likeness (QED) is 0.635. The van der Waals surface area contributed by atoms with Gasteiger partial charge in [0, 0.05) is 17.8 Å². The van der Waals surface area contributed by atoms with Gasteiger partial charge in [0.1, 0.15) is 0 Å². The summed E-state index contributed by atoms with van der Waals surface area (Å²) in [7, 11) is 0. The molecule has 0 aliphatic carbocycles. The van der Waals surface area contributed by atoms with E-state index in [0.717, 1.165) is 18.2 Å². The molecule has 2 aromatic rings. The summed E-state index contributed by atoms with van der Waals surface area (Å²) in [6, 6.07) is 7.51. The third-order valence-electron chi connectivity index (χ3n) is 2.96. The second kappa shape index (κ2) is 6.52. The number of nitro groups is 2. The first kappa shape index (κ1) is 16.5. The average molecular weight is 330 g/mol. The van der Waals surface area contributed by atoms with Crippen molar-refractivity contribution in [3.63, 3.8) is 0 Å². The lowest BCUT2D eigenvalue weighted by Crippen LogP contribution is -2.22. The van der Waals surface area contributed by atoms with Crippen LogP contribution in [0.5, 0.6) is 0 Å². The Morgan fingerprint density at radius 2 is 1.33 bits per heavy atom. The number of benzene rings is 2. The van der Waals surface area contributed by atoms with Crippen LogP contribution in [-0.4, -0.2) is 21.7 Å². The molecule has 10 nitrogen and oxygen atoms in total. The summed E-state index contributed by atoms with van der Waals surface area (Å²) in [5, 5.41) is 34.6. The van der Waals surface area contributed by atoms with E-state index in [9.17, 15) is 34.9 Å². The molecule has 0 saturated carbocycles. The van der Waals surface area contributed by atoms with E-state index in [1.807, 2.05) is 0 Å². The number of hydrogen-bond acceptors (Lipinski definition) is 7. The van der Waals surface area contributed by atoms with Crippen LogP contribution in [0, 0.1) is 20.2 Å². The number of amides is 1. The smallest absolute Gasteiger partial charge is 0.277 e. The Hall–Kier alpha value is -3.82. The molecule has 0 spiro atoms. The Morgan fingerprint density at radius 3 is 1.75 bits per heavy atom. The second-order valence-electron chi connectivity index (χ2n) is 4.57. The van der Waals surface area contributed by atoms with E-state index in [1.165, 1.54) is 24.3 Å². The van der Waals surface area contributed by atoms with Crippen molar-refractivity contribution in [3.8, 4) is 0 Å². The lowest BCUT2D eigenvalue weighted by Gasteiger charge is -2.07. The molecule has 24 heavy (non-hydrogen) atoms. The summed E-state index contributed by atoms with van der Waals surface area (Å²) >= 11 is 0. The zero-order chi connectivity index (χ0) is 17.9. The molecule has 0 bridgehead atoms. The maximum atomic E-state index is 12.1. The zero-order valence-corrected chi connectivity index (χ0v) is 11.8. The number of nitrogens with one attached hydrogen (secondary N) is 1. The standard InChI is InChI=1S/C14H9N3O7/c18-13(15-10-3-1-8(2-4-10)14(19)20)9-5-11(16(21)22)7-12(6-9)17(23)24/h1-7H,(H,15,18)(H,19,20)/p-1. The normalized spacial score (nSPS) is 10.0.